The van der Waals surface area contributed by atoms with Gasteiger partial charge in [0.2, 0.25) is 11.8 Å². The third kappa shape index (κ3) is 3.01. The van der Waals surface area contributed by atoms with Crippen molar-refractivity contribution in [3.8, 4) is 34.7 Å². The molecule has 1 atom stereocenters. The van der Waals surface area contributed by atoms with Crippen LogP contribution in [0.3, 0.4) is 0 Å². The number of aryl methyl sites for hydroxylation is 1. The van der Waals surface area contributed by atoms with Crippen molar-refractivity contribution < 1.29 is 18.6 Å². The third-order valence-corrected chi connectivity index (χ3v) is 5.06. The van der Waals surface area contributed by atoms with Crippen molar-refractivity contribution in [2.24, 2.45) is 12.8 Å². The number of aromatic nitrogens is 2. The Bertz CT molecular complexity index is 1190. The first-order chi connectivity index (χ1) is 14.5. The van der Waals surface area contributed by atoms with E-state index in [-0.39, 0.29) is 17.3 Å². The molecule has 0 amide bonds. The fourth-order valence-electron chi connectivity index (χ4n) is 3.66. The van der Waals surface area contributed by atoms with Crippen molar-refractivity contribution in [1.29, 1.82) is 5.26 Å². The van der Waals surface area contributed by atoms with Gasteiger partial charge in [0, 0.05) is 12.6 Å². The zero-order valence-corrected chi connectivity index (χ0v) is 16.6. The largest absolute Gasteiger partial charge is 0.493 e. The van der Waals surface area contributed by atoms with Crippen LogP contribution in [0.5, 0.6) is 17.4 Å². The number of rotatable bonds is 4. The molecular formula is C22H19FN4O3. The number of halogens is 1. The Hall–Kier alpha value is -3.99. The number of nitrogens with two attached hydrogens (primary N) is 1. The lowest BCUT2D eigenvalue weighted by atomic mass is 9.83. The molecular weight excluding hydrogens is 387 g/mol. The number of nitrogens with zero attached hydrogens (tertiary/aromatic N) is 3. The third-order valence-electron chi connectivity index (χ3n) is 5.06. The number of hydrogen-bond acceptors (Lipinski definition) is 6. The summed E-state index contributed by atoms with van der Waals surface area (Å²) < 4.78 is 31.6. The molecule has 1 aromatic heterocycles. The summed E-state index contributed by atoms with van der Waals surface area (Å²) in [5.41, 5.74) is 9.01. The maximum Gasteiger partial charge on any atom is 0.224 e. The molecule has 0 radical (unpaired) electrons. The first-order valence-corrected chi connectivity index (χ1v) is 9.10. The minimum atomic E-state index is -0.559. The molecule has 0 spiro atoms. The number of hydrogen-bond donors (Lipinski definition) is 1. The highest BCUT2D eigenvalue weighted by Crippen LogP contribution is 2.47. The van der Waals surface area contributed by atoms with Gasteiger partial charge in [-0.3, -0.25) is 0 Å². The second-order valence-corrected chi connectivity index (χ2v) is 6.74. The van der Waals surface area contributed by atoms with Crippen molar-refractivity contribution in [2.45, 2.75) is 5.92 Å². The Morgan fingerprint density at radius 1 is 1.13 bits per heavy atom. The Morgan fingerprint density at radius 3 is 2.47 bits per heavy atom. The van der Waals surface area contributed by atoms with Crippen LogP contribution in [0.1, 0.15) is 17.0 Å². The first kappa shape index (κ1) is 19.3. The van der Waals surface area contributed by atoms with Gasteiger partial charge in [-0.05, 0) is 35.9 Å². The second kappa shape index (κ2) is 7.44. The van der Waals surface area contributed by atoms with Gasteiger partial charge in [-0.1, -0.05) is 12.1 Å². The highest BCUT2D eigenvalue weighted by atomic mass is 19.1. The van der Waals surface area contributed by atoms with E-state index in [1.54, 1.807) is 50.2 Å². The van der Waals surface area contributed by atoms with E-state index in [0.29, 0.717) is 34.2 Å². The van der Waals surface area contributed by atoms with Gasteiger partial charge in [0.1, 0.15) is 23.2 Å². The molecule has 30 heavy (non-hydrogen) atoms. The van der Waals surface area contributed by atoms with Gasteiger partial charge in [0.15, 0.2) is 11.5 Å². The minimum absolute atomic E-state index is 0.00110. The Morgan fingerprint density at radius 2 is 1.83 bits per heavy atom. The van der Waals surface area contributed by atoms with E-state index in [4.69, 9.17) is 19.9 Å². The number of allylic oxidation sites excluding steroid dienone is 1. The van der Waals surface area contributed by atoms with E-state index < -0.39 is 5.92 Å². The number of nitriles is 1. The molecule has 2 N–H and O–H groups in total. The number of methoxy groups -OCH3 is 2. The highest BCUT2D eigenvalue weighted by Gasteiger charge is 2.36. The Kier molecular flexibility index (Phi) is 4.80. The summed E-state index contributed by atoms with van der Waals surface area (Å²) in [7, 11) is 4.85. The van der Waals surface area contributed by atoms with E-state index >= 15 is 0 Å². The SMILES string of the molecule is COc1ccc(-c2nn(C)c3c2C(c2ccc(F)cc2)C(C#N)=C(N)O3)cc1OC. The quantitative estimate of drug-likeness (QED) is 0.713. The zero-order valence-electron chi connectivity index (χ0n) is 16.6. The Balaban J connectivity index is 1.96. The molecule has 1 unspecified atom stereocenters. The lowest BCUT2D eigenvalue weighted by Crippen LogP contribution is -2.21. The maximum atomic E-state index is 13.5. The van der Waals surface area contributed by atoms with Crippen LogP contribution in [0.25, 0.3) is 11.3 Å². The summed E-state index contributed by atoms with van der Waals surface area (Å²) in [6.45, 7) is 0. The standard InChI is InChI=1S/C22H19FN4O3/c1-27-22-19(20(26-27)13-6-9-16(28-2)17(10-13)29-3)18(15(11-24)21(25)30-22)12-4-7-14(23)8-5-12/h4-10,18H,25H2,1-3H3. The van der Waals surface area contributed by atoms with E-state index in [2.05, 4.69) is 11.2 Å². The maximum absolute atomic E-state index is 13.5. The highest BCUT2D eigenvalue weighted by molar-refractivity contribution is 5.73. The number of fused-ring (bicyclic) bond motifs is 1. The fourth-order valence-corrected chi connectivity index (χ4v) is 3.66. The van der Waals surface area contributed by atoms with Gasteiger partial charge in [-0.2, -0.15) is 10.4 Å². The number of benzene rings is 2. The van der Waals surface area contributed by atoms with Crippen LogP contribution < -0.4 is 19.9 Å². The lowest BCUT2D eigenvalue weighted by Gasteiger charge is -2.25. The van der Waals surface area contributed by atoms with Crippen LogP contribution in [-0.4, -0.2) is 24.0 Å². The molecule has 2 heterocycles. The molecule has 0 saturated carbocycles. The zero-order chi connectivity index (χ0) is 21.4. The molecule has 2 aromatic carbocycles. The van der Waals surface area contributed by atoms with Crippen LogP contribution in [0.4, 0.5) is 4.39 Å². The van der Waals surface area contributed by atoms with Gasteiger partial charge >= 0.3 is 0 Å². The molecule has 1 aliphatic rings. The van der Waals surface area contributed by atoms with Crippen molar-refractivity contribution in [3.63, 3.8) is 0 Å². The second-order valence-electron chi connectivity index (χ2n) is 6.74. The molecule has 3 aromatic rings. The van der Waals surface area contributed by atoms with Crippen LogP contribution in [0, 0.1) is 17.1 Å². The van der Waals surface area contributed by atoms with Crippen molar-refractivity contribution >= 4 is 0 Å². The van der Waals surface area contributed by atoms with Crippen LogP contribution >= 0.6 is 0 Å². The van der Waals surface area contributed by atoms with Crippen molar-refractivity contribution in [3.05, 3.63) is 70.9 Å². The monoisotopic (exact) mass is 406 g/mol. The van der Waals surface area contributed by atoms with Crippen molar-refractivity contribution in [1.82, 2.24) is 9.78 Å². The van der Waals surface area contributed by atoms with Crippen LogP contribution in [-0.2, 0) is 7.05 Å². The van der Waals surface area contributed by atoms with Gasteiger partial charge in [-0.25, -0.2) is 9.07 Å². The molecule has 0 fully saturated rings. The van der Waals surface area contributed by atoms with E-state index in [9.17, 15) is 9.65 Å². The normalized spacial score (nSPS) is 15.2. The number of ether oxygens (including phenoxy) is 3. The fraction of sp³-hybridized carbons (Fsp3) is 0.182. The summed E-state index contributed by atoms with van der Waals surface area (Å²) >= 11 is 0. The van der Waals surface area contributed by atoms with Crippen molar-refractivity contribution in [2.75, 3.05) is 14.2 Å². The molecule has 4 rings (SSSR count). The first-order valence-electron chi connectivity index (χ1n) is 9.10. The van der Waals surface area contributed by atoms with Gasteiger partial charge < -0.3 is 19.9 Å². The van der Waals surface area contributed by atoms with Gasteiger partial charge in [0.25, 0.3) is 0 Å². The smallest absolute Gasteiger partial charge is 0.224 e. The van der Waals surface area contributed by atoms with Crippen LogP contribution in [0.15, 0.2) is 53.9 Å². The molecule has 8 heteroatoms. The van der Waals surface area contributed by atoms with E-state index in [0.717, 1.165) is 5.56 Å². The van der Waals surface area contributed by atoms with Gasteiger partial charge in [0.05, 0.1) is 25.7 Å². The predicted octanol–water partition coefficient (Wildman–Crippen LogP) is 3.46. The topological polar surface area (TPSA) is 95.3 Å². The predicted molar refractivity (Wildman–Crippen MR) is 107 cm³/mol. The molecule has 0 aliphatic carbocycles. The van der Waals surface area contributed by atoms with Gasteiger partial charge in [-0.15, -0.1) is 0 Å². The molecule has 152 valence electrons. The molecule has 1 aliphatic heterocycles. The summed E-state index contributed by atoms with van der Waals surface area (Å²) in [6, 6.07) is 13.5. The summed E-state index contributed by atoms with van der Waals surface area (Å²) in [5.74, 6) is 0.620. The lowest BCUT2D eigenvalue weighted by molar-refractivity contribution is 0.355. The summed E-state index contributed by atoms with van der Waals surface area (Å²) in [5, 5.41) is 14.4. The average Bonchev–Trinajstić information content (AvgIpc) is 3.08. The van der Waals surface area contributed by atoms with E-state index in [1.165, 1.54) is 12.1 Å². The average molecular weight is 406 g/mol. The van der Waals surface area contributed by atoms with Crippen LogP contribution in [0.2, 0.25) is 0 Å². The molecule has 0 bridgehead atoms. The summed E-state index contributed by atoms with van der Waals surface area (Å²) in [6.07, 6.45) is 0. The Labute approximate surface area is 172 Å². The summed E-state index contributed by atoms with van der Waals surface area (Å²) in [4.78, 5) is 0. The minimum Gasteiger partial charge on any atom is -0.493 e. The molecule has 0 saturated heterocycles. The van der Waals surface area contributed by atoms with E-state index in [1.807, 2.05) is 6.07 Å². The molecule has 7 nitrogen and oxygen atoms in total.